The molecule has 1 aromatic heterocycles. The number of benzene rings is 2. The molecule has 11 heteroatoms. The molecule has 1 aliphatic rings. The predicted octanol–water partition coefficient (Wildman–Crippen LogP) is 3.57. The Labute approximate surface area is 203 Å². The molecule has 4 rings (SSSR count). The van der Waals surface area contributed by atoms with Crippen LogP contribution in [0, 0.1) is 5.82 Å². The van der Waals surface area contributed by atoms with Crippen LogP contribution in [0.15, 0.2) is 64.7 Å². The second-order valence-electron chi connectivity index (χ2n) is 7.22. The normalized spacial score (nSPS) is 14.8. The maximum absolute atomic E-state index is 13.8. The van der Waals surface area contributed by atoms with E-state index in [0.717, 1.165) is 22.2 Å². The number of rotatable bonds is 8. The van der Waals surface area contributed by atoms with Crippen molar-refractivity contribution in [3.8, 4) is 11.4 Å². The van der Waals surface area contributed by atoms with Crippen LogP contribution in [0.5, 0.6) is 0 Å². The van der Waals surface area contributed by atoms with Gasteiger partial charge in [-0.05, 0) is 23.9 Å². The first-order valence-corrected chi connectivity index (χ1v) is 12.1. The summed E-state index contributed by atoms with van der Waals surface area (Å²) in [5.74, 6) is -0.433. The Balaban J connectivity index is 1.27. The SMILES string of the molecule is Cn1c(SCC(=O)NCCN2C(=O)SC(=Cc3ccccc3F)C2=O)nnc1-c1ccccc1. The standard InChI is InChI=1S/C23H20FN5O3S2/c1-28-20(15-7-3-2-4-8-15)26-27-22(28)33-14-19(30)25-11-12-29-21(31)18(34-23(29)32)13-16-9-5-6-10-17(16)24/h2-10,13H,11-12,14H2,1H3,(H,25,30). The zero-order valence-electron chi connectivity index (χ0n) is 18.1. The highest BCUT2D eigenvalue weighted by Crippen LogP contribution is 2.32. The number of aromatic nitrogens is 3. The van der Waals surface area contributed by atoms with Crippen molar-refractivity contribution in [1.82, 2.24) is 25.0 Å². The lowest BCUT2D eigenvalue weighted by molar-refractivity contribution is -0.123. The smallest absolute Gasteiger partial charge is 0.293 e. The van der Waals surface area contributed by atoms with Crippen molar-refractivity contribution in [1.29, 1.82) is 0 Å². The number of hydrogen-bond acceptors (Lipinski definition) is 7. The van der Waals surface area contributed by atoms with Gasteiger partial charge >= 0.3 is 0 Å². The van der Waals surface area contributed by atoms with Crippen molar-refractivity contribution < 1.29 is 18.8 Å². The maximum atomic E-state index is 13.8. The number of nitrogens with zero attached hydrogens (tertiary/aromatic N) is 4. The van der Waals surface area contributed by atoms with E-state index < -0.39 is 17.0 Å². The molecule has 1 N–H and O–H groups in total. The summed E-state index contributed by atoms with van der Waals surface area (Å²) in [6.07, 6.45) is 1.36. The van der Waals surface area contributed by atoms with E-state index in [9.17, 15) is 18.8 Å². The van der Waals surface area contributed by atoms with Crippen LogP contribution in [0.2, 0.25) is 0 Å². The van der Waals surface area contributed by atoms with Gasteiger partial charge in [0.05, 0.1) is 10.7 Å². The summed E-state index contributed by atoms with van der Waals surface area (Å²) >= 11 is 1.99. The highest BCUT2D eigenvalue weighted by molar-refractivity contribution is 8.18. The number of carbonyl (C=O) groups excluding carboxylic acids is 3. The van der Waals surface area contributed by atoms with Crippen LogP contribution in [0.1, 0.15) is 5.56 Å². The monoisotopic (exact) mass is 497 g/mol. The van der Waals surface area contributed by atoms with Gasteiger partial charge in [0.25, 0.3) is 11.1 Å². The summed E-state index contributed by atoms with van der Waals surface area (Å²) in [4.78, 5) is 38.2. The summed E-state index contributed by atoms with van der Waals surface area (Å²) in [5, 5.41) is 11.2. The van der Waals surface area contributed by atoms with Crippen LogP contribution in [-0.4, -0.2) is 55.6 Å². The van der Waals surface area contributed by atoms with E-state index in [1.54, 1.807) is 12.1 Å². The fraction of sp³-hybridized carbons (Fsp3) is 0.174. The zero-order valence-corrected chi connectivity index (χ0v) is 19.7. The minimum Gasteiger partial charge on any atom is -0.354 e. The third kappa shape index (κ3) is 5.37. The molecule has 0 saturated carbocycles. The largest absolute Gasteiger partial charge is 0.354 e. The van der Waals surface area contributed by atoms with Crippen LogP contribution in [0.25, 0.3) is 17.5 Å². The molecular formula is C23H20FN5O3S2. The Kier molecular flexibility index (Phi) is 7.43. The Morgan fingerprint density at radius 3 is 2.62 bits per heavy atom. The third-order valence-corrected chi connectivity index (χ3v) is 6.85. The second-order valence-corrected chi connectivity index (χ2v) is 9.16. The molecular weight excluding hydrogens is 477 g/mol. The number of halogens is 1. The summed E-state index contributed by atoms with van der Waals surface area (Å²) in [5.41, 5.74) is 1.16. The predicted molar refractivity (Wildman–Crippen MR) is 129 cm³/mol. The molecule has 174 valence electrons. The van der Waals surface area contributed by atoms with Gasteiger partial charge in [-0.25, -0.2) is 4.39 Å². The number of hydrogen-bond donors (Lipinski definition) is 1. The van der Waals surface area contributed by atoms with E-state index >= 15 is 0 Å². The van der Waals surface area contributed by atoms with Crippen molar-refractivity contribution in [2.75, 3.05) is 18.8 Å². The number of carbonyl (C=O) groups is 3. The van der Waals surface area contributed by atoms with Crippen LogP contribution in [-0.2, 0) is 16.6 Å². The summed E-state index contributed by atoms with van der Waals surface area (Å²) in [6, 6.07) is 15.6. The first-order valence-electron chi connectivity index (χ1n) is 10.3. The average Bonchev–Trinajstić information content (AvgIpc) is 3.33. The van der Waals surface area contributed by atoms with E-state index in [2.05, 4.69) is 15.5 Å². The van der Waals surface area contributed by atoms with Crippen molar-refractivity contribution in [3.63, 3.8) is 0 Å². The summed E-state index contributed by atoms with van der Waals surface area (Å²) < 4.78 is 15.7. The Morgan fingerprint density at radius 1 is 1.12 bits per heavy atom. The van der Waals surface area contributed by atoms with E-state index in [-0.39, 0.29) is 35.2 Å². The van der Waals surface area contributed by atoms with Gasteiger partial charge in [-0.1, -0.05) is 60.3 Å². The zero-order chi connectivity index (χ0) is 24.1. The summed E-state index contributed by atoms with van der Waals surface area (Å²) in [6.45, 7) is 0.135. The Hall–Kier alpha value is -3.44. The van der Waals surface area contributed by atoms with Crippen LogP contribution in [0.4, 0.5) is 9.18 Å². The molecule has 0 atom stereocenters. The van der Waals surface area contributed by atoms with Gasteiger partial charge in [0.15, 0.2) is 11.0 Å². The number of imide groups is 1. The van der Waals surface area contributed by atoms with Crippen LogP contribution >= 0.6 is 23.5 Å². The van der Waals surface area contributed by atoms with Crippen LogP contribution < -0.4 is 5.32 Å². The lowest BCUT2D eigenvalue weighted by Crippen LogP contribution is -2.37. The minimum absolute atomic E-state index is 0.0256. The Morgan fingerprint density at radius 2 is 1.85 bits per heavy atom. The van der Waals surface area contributed by atoms with E-state index in [1.807, 2.05) is 41.9 Å². The van der Waals surface area contributed by atoms with Crippen molar-refractivity contribution in [2.24, 2.45) is 7.05 Å². The van der Waals surface area contributed by atoms with Crippen LogP contribution in [0.3, 0.4) is 0 Å². The van der Waals surface area contributed by atoms with Gasteiger partial charge in [0.1, 0.15) is 5.82 Å². The van der Waals surface area contributed by atoms with Gasteiger partial charge in [-0.15, -0.1) is 10.2 Å². The van der Waals surface area contributed by atoms with Gasteiger partial charge in [-0.3, -0.25) is 19.3 Å². The maximum Gasteiger partial charge on any atom is 0.293 e. The number of nitrogens with one attached hydrogen (secondary N) is 1. The lowest BCUT2D eigenvalue weighted by atomic mass is 10.2. The topological polar surface area (TPSA) is 97.2 Å². The molecule has 1 aliphatic heterocycles. The van der Waals surface area contributed by atoms with E-state index in [1.165, 1.54) is 30.0 Å². The molecule has 0 unspecified atom stereocenters. The molecule has 2 heterocycles. The number of thioether (sulfide) groups is 2. The van der Waals surface area contributed by atoms with E-state index in [4.69, 9.17) is 0 Å². The lowest BCUT2D eigenvalue weighted by Gasteiger charge is -2.12. The molecule has 3 aromatic rings. The molecule has 0 radical (unpaired) electrons. The van der Waals surface area contributed by atoms with Gasteiger partial charge in [-0.2, -0.15) is 0 Å². The number of amides is 3. The summed E-state index contributed by atoms with van der Waals surface area (Å²) in [7, 11) is 1.83. The Bertz CT molecular complexity index is 1260. The molecule has 8 nitrogen and oxygen atoms in total. The molecule has 0 aliphatic carbocycles. The molecule has 1 fully saturated rings. The molecule has 0 spiro atoms. The molecule has 2 aromatic carbocycles. The molecule has 1 saturated heterocycles. The average molecular weight is 498 g/mol. The van der Waals surface area contributed by atoms with Gasteiger partial charge in [0.2, 0.25) is 5.91 Å². The fourth-order valence-corrected chi connectivity index (χ4v) is 4.79. The first-order chi connectivity index (χ1) is 16.4. The van der Waals surface area contributed by atoms with Gasteiger partial charge < -0.3 is 9.88 Å². The van der Waals surface area contributed by atoms with Crippen molar-refractivity contribution in [3.05, 3.63) is 70.9 Å². The highest BCUT2D eigenvalue weighted by Gasteiger charge is 2.34. The molecule has 0 bridgehead atoms. The minimum atomic E-state index is -0.505. The molecule has 34 heavy (non-hydrogen) atoms. The molecule has 3 amide bonds. The van der Waals surface area contributed by atoms with Crippen molar-refractivity contribution in [2.45, 2.75) is 5.16 Å². The van der Waals surface area contributed by atoms with Crippen molar-refractivity contribution >= 4 is 46.7 Å². The highest BCUT2D eigenvalue weighted by atomic mass is 32.2. The van der Waals surface area contributed by atoms with Gasteiger partial charge in [0, 0.05) is 31.3 Å². The quantitative estimate of drug-likeness (QED) is 0.375. The third-order valence-electron chi connectivity index (χ3n) is 4.92. The van der Waals surface area contributed by atoms with E-state index in [0.29, 0.717) is 11.0 Å². The fourth-order valence-electron chi connectivity index (χ4n) is 3.19. The second kappa shape index (κ2) is 10.7. The first kappa shape index (κ1) is 23.7.